The summed E-state index contributed by atoms with van der Waals surface area (Å²) < 4.78 is 38.9. The summed E-state index contributed by atoms with van der Waals surface area (Å²) in [4.78, 5) is 13.2. The Labute approximate surface area is 271 Å². The maximum absolute atomic E-state index is 13.2. The van der Waals surface area contributed by atoms with E-state index < -0.39 is 35.9 Å². The highest BCUT2D eigenvalue weighted by molar-refractivity contribution is 5.78. The van der Waals surface area contributed by atoms with E-state index in [1.165, 1.54) is 0 Å². The summed E-state index contributed by atoms with van der Waals surface area (Å²) in [7, 11) is 0. The molecule has 1 aliphatic carbocycles. The van der Waals surface area contributed by atoms with E-state index in [0.29, 0.717) is 39.5 Å². The van der Waals surface area contributed by atoms with Crippen LogP contribution >= 0.6 is 0 Å². The Bertz CT molecular complexity index is 1480. The minimum absolute atomic E-state index is 0.252. The van der Waals surface area contributed by atoms with Gasteiger partial charge in [-0.2, -0.15) is 0 Å². The maximum Gasteiger partial charge on any atom is 0.312 e. The van der Waals surface area contributed by atoms with Crippen molar-refractivity contribution in [1.82, 2.24) is 0 Å². The number of hydrogen-bond acceptors (Lipinski definition) is 7. The van der Waals surface area contributed by atoms with Crippen molar-refractivity contribution in [2.75, 3.05) is 13.2 Å². The molecule has 0 N–H and O–H groups in total. The lowest BCUT2D eigenvalue weighted by atomic mass is 9.91. The second-order valence-electron chi connectivity index (χ2n) is 11.9. The quantitative estimate of drug-likeness (QED) is 0.137. The van der Waals surface area contributed by atoms with Gasteiger partial charge >= 0.3 is 5.97 Å². The number of hydrogen-bond donors (Lipinski definition) is 0. The molecule has 2 fully saturated rings. The molecule has 1 saturated carbocycles. The van der Waals surface area contributed by atoms with Gasteiger partial charge in [0.2, 0.25) is 0 Å². The molecule has 4 aromatic carbocycles. The van der Waals surface area contributed by atoms with Gasteiger partial charge in [0.05, 0.1) is 45.6 Å². The van der Waals surface area contributed by atoms with Crippen molar-refractivity contribution < 1.29 is 33.2 Å². The molecule has 6 rings (SSSR count). The minimum atomic E-state index is -0.935. The highest BCUT2D eigenvalue weighted by Crippen LogP contribution is 2.56. The molecular formula is C39H42O7. The van der Waals surface area contributed by atoms with E-state index in [-0.39, 0.29) is 12.6 Å². The van der Waals surface area contributed by atoms with Crippen LogP contribution in [0.2, 0.25) is 0 Å². The molecule has 1 saturated heterocycles. The molecule has 7 nitrogen and oxygen atoms in total. The topological polar surface area (TPSA) is 72.5 Å². The molecule has 7 heteroatoms. The minimum Gasteiger partial charge on any atom is -0.466 e. The van der Waals surface area contributed by atoms with Gasteiger partial charge in [-0.1, -0.05) is 121 Å². The third kappa shape index (κ3) is 7.92. The number of benzene rings is 4. The molecule has 1 aliphatic heterocycles. The van der Waals surface area contributed by atoms with E-state index in [0.717, 1.165) is 22.3 Å². The van der Waals surface area contributed by atoms with Crippen molar-refractivity contribution in [1.29, 1.82) is 0 Å². The van der Waals surface area contributed by atoms with Crippen LogP contribution in [0.5, 0.6) is 0 Å². The Morgan fingerprint density at radius 1 is 0.652 bits per heavy atom. The second-order valence-corrected chi connectivity index (χ2v) is 11.9. The molecule has 1 heterocycles. The summed E-state index contributed by atoms with van der Waals surface area (Å²) in [5.74, 6) is -0.770. The van der Waals surface area contributed by atoms with E-state index in [2.05, 4.69) is 0 Å². The van der Waals surface area contributed by atoms with Crippen LogP contribution in [-0.2, 0) is 59.6 Å². The molecule has 2 unspecified atom stereocenters. The SMILES string of the molecule is CCOC(=O)C1CC12O[C@H](COCc1ccccc1)[C@@H](OCc1ccccc1)[C@H](OCc1ccccc1)[C@@H]2OCc1ccccc1. The Kier molecular flexibility index (Phi) is 10.9. The zero-order valence-electron chi connectivity index (χ0n) is 26.2. The van der Waals surface area contributed by atoms with Gasteiger partial charge in [-0.25, -0.2) is 0 Å². The van der Waals surface area contributed by atoms with E-state index in [9.17, 15) is 4.79 Å². The second kappa shape index (κ2) is 15.6. The normalized spacial score (nSPS) is 25.3. The standard InChI is InChI=1S/C39H42O7/c1-2-42-38(40)33-23-39(33)37(45-27-32-21-13-6-14-22-32)36(44-26-31-19-11-5-12-20-31)35(43-25-30-17-9-4-10-18-30)34(46-39)28-41-24-29-15-7-3-8-16-29/h3-22,33-37H,2,23-28H2,1H3/t33?,34-,35-,36+,37+,39?/m1/s1. The molecule has 0 aromatic heterocycles. The van der Waals surface area contributed by atoms with Crippen LogP contribution < -0.4 is 0 Å². The van der Waals surface area contributed by atoms with Gasteiger partial charge in [-0.05, 0) is 35.6 Å². The van der Waals surface area contributed by atoms with E-state index in [1.807, 2.05) is 128 Å². The smallest absolute Gasteiger partial charge is 0.312 e. The molecule has 46 heavy (non-hydrogen) atoms. The zero-order valence-corrected chi connectivity index (χ0v) is 26.2. The average Bonchev–Trinajstić information content (AvgIpc) is 3.82. The number of carbonyl (C=O) groups is 1. The van der Waals surface area contributed by atoms with Crippen molar-refractivity contribution in [3.8, 4) is 0 Å². The molecule has 0 amide bonds. The van der Waals surface area contributed by atoms with Crippen LogP contribution in [0, 0.1) is 5.92 Å². The molecule has 4 aromatic rings. The van der Waals surface area contributed by atoms with Crippen LogP contribution in [0.4, 0.5) is 0 Å². The van der Waals surface area contributed by atoms with Crippen LogP contribution in [0.25, 0.3) is 0 Å². The summed E-state index contributed by atoms with van der Waals surface area (Å²) in [6, 6.07) is 40.1. The first-order chi connectivity index (χ1) is 22.7. The predicted octanol–water partition coefficient (Wildman–Crippen LogP) is 6.68. The third-order valence-electron chi connectivity index (χ3n) is 8.60. The number of ether oxygens (including phenoxy) is 6. The van der Waals surface area contributed by atoms with Gasteiger partial charge in [0.25, 0.3) is 0 Å². The van der Waals surface area contributed by atoms with Gasteiger partial charge in [-0.3, -0.25) is 4.79 Å². The van der Waals surface area contributed by atoms with Crippen LogP contribution in [0.15, 0.2) is 121 Å². The number of rotatable bonds is 15. The fourth-order valence-corrected chi connectivity index (χ4v) is 6.22. The monoisotopic (exact) mass is 622 g/mol. The summed E-state index contributed by atoms with van der Waals surface area (Å²) in [6.07, 6.45) is -1.77. The number of carbonyl (C=O) groups excluding carboxylic acids is 1. The zero-order chi connectivity index (χ0) is 31.6. The van der Waals surface area contributed by atoms with Crippen LogP contribution in [0.3, 0.4) is 0 Å². The Hall–Kier alpha value is -3.85. The first kappa shape index (κ1) is 32.1. The first-order valence-corrected chi connectivity index (χ1v) is 16.1. The van der Waals surface area contributed by atoms with Gasteiger partial charge in [0.15, 0.2) is 0 Å². The van der Waals surface area contributed by atoms with Crippen molar-refractivity contribution >= 4 is 5.97 Å². The third-order valence-corrected chi connectivity index (χ3v) is 8.60. The maximum atomic E-state index is 13.2. The molecule has 240 valence electrons. The van der Waals surface area contributed by atoms with Crippen molar-refractivity contribution in [2.45, 2.75) is 69.8 Å². The summed E-state index contributed by atoms with van der Waals surface area (Å²) >= 11 is 0. The molecular weight excluding hydrogens is 580 g/mol. The summed E-state index contributed by atoms with van der Waals surface area (Å²) in [5, 5.41) is 0. The molecule has 2 aliphatic rings. The van der Waals surface area contributed by atoms with E-state index in [4.69, 9.17) is 28.4 Å². The number of esters is 1. The summed E-state index contributed by atoms with van der Waals surface area (Å²) in [6.45, 7) is 3.82. The molecule has 6 atom stereocenters. The predicted molar refractivity (Wildman–Crippen MR) is 173 cm³/mol. The summed E-state index contributed by atoms with van der Waals surface area (Å²) in [5.41, 5.74) is 3.21. The average molecular weight is 623 g/mol. The van der Waals surface area contributed by atoms with Crippen molar-refractivity contribution in [3.05, 3.63) is 144 Å². The Balaban J connectivity index is 1.32. The largest absolute Gasteiger partial charge is 0.466 e. The van der Waals surface area contributed by atoms with Gasteiger partial charge in [0.1, 0.15) is 30.0 Å². The molecule has 0 radical (unpaired) electrons. The lowest BCUT2D eigenvalue weighted by Crippen LogP contribution is -2.63. The van der Waals surface area contributed by atoms with Gasteiger partial charge in [-0.15, -0.1) is 0 Å². The lowest BCUT2D eigenvalue weighted by molar-refractivity contribution is -0.285. The van der Waals surface area contributed by atoms with Crippen molar-refractivity contribution in [3.63, 3.8) is 0 Å². The van der Waals surface area contributed by atoms with Gasteiger partial charge < -0.3 is 28.4 Å². The van der Waals surface area contributed by atoms with Crippen LogP contribution in [0.1, 0.15) is 35.6 Å². The van der Waals surface area contributed by atoms with E-state index >= 15 is 0 Å². The molecule has 1 spiro atoms. The highest BCUT2D eigenvalue weighted by atomic mass is 16.6. The first-order valence-electron chi connectivity index (χ1n) is 16.1. The highest BCUT2D eigenvalue weighted by Gasteiger charge is 2.72. The van der Waals surface area contributed by atoms with Crippen LogP contribution in [-0.4, -0.2) is 49.2 Å². The fourth-order valence-electron chi connectivity index (χ4n) is 6.22. The fraction of sp³-hybridized carbons (Fsp3) is 0.359. The Morgan fingerprint density at radius 3 is 1.61 bits per heavy atom. The van der Waals surface area contributed by atoms with E-state index in [1.54, 1.807) is 0 Å². The lowest BCUT2D eigenvalue weighted by Gasteiger charge is -2.47. The Morgan fingerprint density at radius 2 is 1.11 bits per heavy atom. The van der Waals surface area contributed by atoms with Gasteiger partial charge in [0, 0.05) is 0 Å². The van der Waals surface area contributed by atoms with Crippen molar-refractivity contribution in [2.24, 2.45) is 5.92 Å². The molecule has 0 bridgehead atoms.